The van der Waals surface area contributed by atoms with Crippen molar-refractivity contribution in [3.8, 4) is 5.75 Å². The van der Waals surface area contributed by atoms with Gasteiger partial charge < -0.3 is 29.6 Å². The normalized spacial score (nSPS) is 15.0. The first-order valence-electron chi connectivity index (χ1n) is 11.7. The maximum absolute atomic E-state index is 12.8. The molecule has 1 aliphatic heterocycles. The summed E-state index contributed by atoms with van der Waals surface area (Å²) in [6.45, 7) is 9.50. The maximum Gasteiger partial charge on any atom is 0.270 e. The average molecular weight is 452 g/mol. The molecule has 0 unspecified atom stereocenters. The van der Waals surface area contributed by atoms with Crippen LogP contribution in [0.4, 0.5) is 11.5 Å². The molecule has 3 heterocycles. The molecular weight excluding hydrogens is 418 g/mol. The van der Waals surface area contributed by atoms with E-state index in [1.54, 1.807) is 19.4 Å². The van der Waals surface area contributed by atoms with Crippen LogP contribution in [-0.4, -0.2) is 73.6 Å². The van der Waals surface area contributed by atoms with Crippen molar-refractivity contribution in [1.29, 1.82) is 0 Å². The van der Waals surface area contributed by atoms with Crippen LogP contribution in [0.5, 0.6) is 5.75 Å². The number of carbonyl (C=O) groups excluding carboxylic acids is 1. The van der Waals surface area contributed by atoms with Crippen molar-refractivity contribution in [2.45, 2.75) is 19.8 Å². The van der Waals surface area contributed by atoms with Gasteiger partial charge in [0.05, 0.1) is 18.8 Å². The van der Waals surface area contributed by atoms with Crippen LogP contribution >= 0.6 is 0 Å². The predicted molar refractivity (Wildman–Crippen MR) is 130 cm³/mol. The monoisotopic (exact) mass is 451 g/mol. The first-order chi connectivity index (χ1) is 16.2. The van der Waals surface area contributed by atoms with E-state index in [1.165, 1.54) is 13.0 Å². The highest BCUT2D eigenvalue weighted by Gasteiger charge is 2.17. The lowest BCUT2D eigenvalue weighted by molar-refractivity contribution is 0.0943. The molecule has 4 rings (SSSR count). The van der Waals surface area contributed by atoms with Gasteiger partial charge in [-0.25, -0.2) is 4.98 Å². The molecule has 1 aromatic carbocycles. The summed E-state index contributed by atoms with van der Waals surface area (Å²) in [5.41, 5.74) is 1.81. The van der Waals surface area contributed by atoms with E-state index in [1.807, 2.05) is 30.3 Å². The van der Waals surface area contributed by atoms with E-state index in [2.05, 4.69) is 32.3 Å². The standard InChI is InChI=1S/C25H33N5O3/c1-3-11-29-13-15-30(16-14-29)12-4-10-26-25(31)22-18-23-21(9-17-33-23)24(28-22)27-19-5-7-20(32-2)8-6-19/h5-9,17-18H,3-4,10-16H2,1-2H3,(H,26,31)(H,27,28). The largest absolute Gasteiger partial charge is 0.497 e. The predicted octanol–water partition coefficient (Wildman–Crippen LogP) is 3.73. The van der Waals surface area contributed by atoms with Gasteiger partial charge in [0.15, 0.2) is 0 Å². The van der Waals surface area contributed by atoms with Gasteiger partial charge in [-0.15, -0.1) is 0 Å². The van der Waals surface area contributed by atoms with E-state index in [4.69, 9.17) is 9.15 Å². The van der Waals surface area contributed by atoms with Crippen molar-refractivity contribution in [3.05, 3.63) is 48.4 Å². The van der Waals surface area contributed by atoms with Gasteiger partial charge in [0, 0.05) is 44.5 Å². The van der Waals surface area contributed by atoms with Crippen LogP contribution in [0.15, 0.2) is 47.1 Å². The molecule has 0 bridgehead atoms. The van der Waals surface area contributed by atoms with Gasteiger partial charge in [-0.1, -0.05) is 6.92 Å². The fraction of sp³-hybridized carbons (Fsp3) is 0.440. The highest BCUT2D eigenvalue weighted by molar-refractivity contribution is 5.99. The van der Waals surface area contributed by atoms with E-state index < -0.39 is 0 Å². The minimum Gasteiger partial charge on any atom is -0.497 e. The summed E-state index contributed by atoms with van der Waals surface area (Å²) in [4.78, 5) is 22.4. The Morgan fingerprint density at radius 3 is 2.52 bits per heavy atom. The second-order valence-corrected chi connectivity index (χ2v) is 8.33. The average Bonchev–Trinajstić information content (AvgIpc) is 3.32. The van der Waals surface area contributed by atoms with E-state index in [-0.39, 0.29) is 5.91 Å². The van der Waals surface area contributed by atoms with E-state index in [0.29, 0.717) is 23.6 Å². The summed E-state index contributed by atoms with van der Waals surface area (Å²) in [6, 6.07) is 11.1. The Labute approximate surface area is 194 Å². The molecule has 0 spiro atoms. The van der Waals surface area contributed by atoms with Crippen molar-refractivity contribution in [3.63, 3.8) is 0 Å². The number of hydrogen-bond donors (Lipinski definition) is 2. The summed E-state index contributed by atoms with van der Waals surface area (Å²) in [7, 11) is 1.63. The molecule has 8 heteroatoms. The number of anilines is 2. The topological polar surface area (TPSA) is 82.9 Å². The van der Waals surface area contributed by atoms with E-state index in [9.17, 15) is 4.79 Å². The third-order valence-corrected chi connectivity index (χ3v) is 5.98. The Bertz CT molecular complexity index is 1040. The summed E-state index contributed by atoms with van der Waals surface area (Å²) in [6.07, 6.45) is 3.73. The van der Waals surface area contributed by atoms with Crippen molar-refractivity contribution in [2.24, 2.45) is 0 Å². The molecule has 1 amide bonds. The van der Waals surface area contributed by atoms with Crippen LogP contribution < -0.4 is 15.4 Å². The van der Waals surface area contributed by atoms with Gasteiger partial charge in [-0.3, -0.25) is 4.79 Å². The Kier molecular flexibility index (Phi) is 7.80. The molecule has 2 aromatic heterocycles. The third-order valence-electron chi connectivity index (χ3n) is 5.98. The van der Waals surface area contributed by atoms with Gasteiger partial charge in [0.25, 0.3) is 5.91 Å². The molecular formula is C25H33N5O3. The zero-order chi connectivity index (χ0) is 23.0. The fourth-order valence-electron chi connectivity index (χ4n) is 4.14. The number of carbonyl (C=O) groups is 1. The second kappa shape index (κ2) is 11.2. The van der Waals surface area contributed by atoms with Crippen LogP contribution in [0, 0.1) is 0 Å². The lowest BCUT2D eigenvalue weighted by atomic mass is 10.2. The van der Waals surface area contributed by atoms with Crippen molar-refractivity contribution in [1.82, 2.24) is 20.1 Å². The number of ether oxygens (including phenoxy) is 1. The number of amides is 1. The molecule has 1 saturated heterocycles. The molecule has 0 atom stereocenters. The van der Waals surface area contributed by atoms with Crippen LogP contribution in [0.3, 0.4) is 0 Å². The van der Waals surface area contributed by atoms with Crippen molar-refractivity contribution in [2.75, 3.05) is 58.2 Å². The quantitative estimate of drug-likeness (QED) is 0.455. The molecule has 1 fully saturated rings. The highest BCUT2D eigenvalue weighted by Crippen LogP contribution is 2.27. The van der Waals surface area contributed by atoms with Crippen molar-refractivity contribution >= 4 is 28.4 Å². The SMILES string of the molecule is CCCN1CCN(CCCNC(=O)c2cc3occc3c(Nc3ccc(OC)cc3)n2)CC1. The number of methoxy groups -OCH3 is 1. The van der Waals surface area contributed by atoms with E-state index in [0.717, 1.165) is 56.0 Å². The smallest absolute Gasteiger partial charge is 0.270 e. The maximum atomic E-state index is 12.8. The number of rotatable bonds is 10. The zero-order valence-electron chi connectivity index (χ0n) is 19.5. The number of nitrogens with zero attached hydrogens (tertiary/aromatic N) is 3. The first-order valence-corrected chi connectivity index (χ1v) is 11.7. The van der Waals surface area contributed by atoms with Gasteiger partial charge in [0.1, 0.15) is 22.8 Å². The van der Waals surface area contributed by atoms with Gasteiger partial charge >= 0.3 is 0 Å². The van der Waals surface area contributed by atoms with Crippen LogP contribution in [-0.2, 0) is 0 Å². The lowest BCUT2D eigenvalue weighted by Crippen LogP contribution is -2.47. The number of benzene rings is 1. The number of nitrogens with one attached hydrogen (secondary N) is 2. The molecule has 176 valence electrons. The molecule has 2 N–H and O–H groups in total. The number of pyridine rings is 1. The second-order valence-electron chi connectivity index (χ2n) is 8.33. The molecule has 8 nitrogen and oxygen atoms in total. The number of hydrogen-bond acceptors (Lipinski definition) is 7. The van der Waals surface area contributed by atoms with Gasteiger partial charge in [0.2, 0.25) is 0 Å². The number of aromatic nitrogens is 1. The van der Waals surface area contributed by atoms with Crippen molar-refractivity contribution < 1.29 is 13.9 Å². The molecule has 0 radical (unpaired) electrons. The van der Waals surface area contributed by atoms with Crippen LogP contribution in [0.2, 0.25) is 0 Å². The van der Waals surface area contributed by atoms with Crippen LogP contribution in [0.1, 0.15) is 30.3 Å². The van der Waals surface area contributed by atoms with E-state index >= 15 is 0 Å². The minimum atomic E-state index is -0.196. The zero-order valence-corrected chi connectivity index (χ0v) is 19.5. The molecule has 0 aliphatic carbocycles. The molecule has 3 aromatic rings. The highest BCUT2D eigenvalue weighted by atomic mass is 16.5. The third kappa shape index (κ3) is 6.03. The number of piperazine rings is 1. The van der Waals surface area contributed by atoms with Crippen LogP contribution in [0.25, 0.3) is 11.0 Å². The fourth-order valence-corrected chi connectivity index (χ4v) is 4.14. The Hall–Kier alpha value is -3.10. The summed E-state index contributed by atoms with van der Waals surface area (Å²) >= 11 is 0. The first kappa shape index (κ1) is 23.1. The summed E-state index contributed by atoms with van der Waals surface area (Å²) in [5, 5.41) is 7.11. The summed E-state index contributed by atoms with van der Waals surface area (Å²) < 4.78 is 10.8. The minimum absolute atomic E-state index is 0.196. The lowest BCUT2D eigenvalue weighted by Gasteiger charge is -2.34. The Balaban J connectivity index is 1.32. The molecule has 1 aliphatic rings. The van der Waals surface area contributed by atoms with Gasteiger partial charge in [-0.05, 0) is 56.3 Å². The Morgan fingerprint density at radius 2 is 1.82 bits per heavy atom. The van der Waals surface area contributed by atoms with Gasteiger partial charge in [-0.2, -0.15) is 0 Å². The molecule has 0 saturated carbocycles. The summed E-state index contributed by atoms with van der Waals surface area (Å²) in [5.74, 6) is 1.17. The number of furan rings is 1. The Morgan fingerprint density at radius 1 is 1.09 bits per heavy atom. The molecule has 33 heavy (non-hydrogen) atoms. The number of fused-ring (bicyclic) bond motifs is 1.